The van der Waals surface area contributed by atoms with E-state index in [0.717, 1.165) is 18.2 Å². The third kappa shape index (κ3) is 13.0. The number of thioether (sulfide) groups is 1. The van der Waals surface area contributed by atoms with Gasteiger partial charge in [0.25, 0.3) is 0 Å². The number of hydrogen-bond acceptors (Lipinski definition) is 2. The van der Waals surface area contributed by atoms with E-state index >= 15 is 0 Å². The molecule has 92 valence electrons. The molecule has 0 aliphatic rings. The molecule has 0 aromatic heterocycles. The Kier molecular flexibility index (Phi) is 11.9. The van der Waals surface area contributed by atoms with Gasteiger partial charge in [-0.25, -0.2) is 0 Å². The fourth-order valence-electron chi connectivity index (χ4n) is 0.680. The van der Waals surface area contributed by atoms with Crippen molar-refractivity contribution in [3.8, 4) is 82.7 Å². The van der Waals surface area contributed by atoms with Crippen LogP contribution in [0.5, 0.6) is 0 Å². The lowest BCUT2D eigenvalue weighted by Crippen LogP contribution is -1.85. The molecule has 0 aliphatic heterocycles. The minimum absolute atomic E-state index is 0.0465. The molecule has 0 rings (SSSR count). The maximum atomic E-state index is 11.1. The minimum atomic E-state index is 0.0465. The molecule has 0 N–H and O–H groups in total. The predicted molar refractivity (Wildman–Crippen MR) is 83.0 cm³/mol. The highest BCUT2D eigenvalue weighted by atomic mass is 32.2. The Bertz CT molecular complexity index is 755. The molecular formula is C18H8OS. The predicted octanol–water partition coefficient (Wildman–Crippen LogP) is 1.66. The van der Waals surface area contributed by atoms with E-state index in [9.17, 15) is 4.79 Å². The van der Waals surface area contributed by atoms with Crippen molar-refractivity contribution in [1.82, 2.24) is 0 Å². The molecule has 0 spiro atoms. The maximum Gasteiger partial charge on any atom is 0.201 e. The summed E-state index contributed by atoms with van der Waals surface area (Å²) < 4.78 is 0. The van der Waals surface area contributed by atoms with Gasteiger partial charge in [0.2, 0.25) is 5.12 Å². The van der Waals surface area contributed by atoms with Gasteiger partial charge >= 0.3 is 0 Å². The van der Waals surface area contributed by atoms with E-state index in [-0.39, 0.29) is 5.12 Å². The summed E-state index contributed by atoms with van der Waals surface area (Å²) in [7, 11) is 0. The Balaban J connectivity index is 4.18. The molecular weight excluding hydrogens is 264 g/mol. The first-order valence-electron chi connectivity index (χ1n) is 5.46. The van der Waals surface area contributed by atoms with Crippen LogP contribution in [0.15, 0.2) is 0 Å². The summed E-state index contributed by atoms with van der Waals surface area (Å²) >= 11 is 0.959. The monoisotopic (exact) mass is 272 g/mol. The Morgan fingerprint density at radius 3 is 1.75 bits per heavy atom. The second-order valence-electron chi connectivity index (χ2n) is 2.85. The van der Waals surface area contributed by atoms with Gasteiger partial charge in [0, 0.05) is 18.2 Å². The van der Waals surface area contributed by atoms with E-state index < -0.39 is 0 Å². The van der Waals surface area contributed by atoms with Gasteiger partial charge in [-0.2, -0.15) is 0 Å². The highest BCUT2D eigenvalue weighted by Crippen LogP contribution is 2.03. The first kappa shape index (κ1) is 16.9. The van der Waals surface area contributed by atoms with Gasteiger partial charge in [-0.1, -0.05) is 6.92 Å². The number of hydrogen-bond donors (Lipinski definition) is 0. The van der Waals surface area contributed by atoms with Crippen molar-refractivity contribution < 1.29 is 4.79 Å². The fraction of sp³-hybridized carbons (Fsp3) is 0.167. The highest BCUT2D eigenvalue weighted by molar-refractivity contribution is 8.17. The first-order valence-corrected chi connectivity index (χ1v) is 6.28. The van der Waals surface area contributed by atoms with Crippen LogP contribution in [0.1, 0.15) is 19.8 Å². The first-order chi connectivity index (χ1) is 9.81. The van der Waals surface area contributed by atoms with Crippen molar-refractivity contribution in [1.29, 1.82) is 0 Å². The van der Waals surface area contributed by atoms with Crippen molar-refractivity contribution in [2.24, 2.45) is 0 Å². The van der Waals surface area contributed by atoms with Crippen LogP contribution in [0.2, 0.25) is 0 Å². The summed E-state index contributed by atoms with van der Waals surface area (Å²) in [6, 6.07) is 0. The van der Waals surface area contributed by atoms with Gasteiger partial charge in [0.05, 0.1) is 0 Å². The van der Waals surface area contributed by atoms with Gasteiger partial charge in [0.15, 0.2) is 0 Å². The van der Waals surface area contributed by atoms with Crippen LogP contribution in [-0.2, 0) is 4.79 Å². The third-order valence-corrected chi connectivity index (χ3v) is 2.00. The highest BCUT2D eigenvalue weighted by Gasteiger charge is 1.95. The second-order valence-corrected chi connectivity index (χ2v) is 3.71. The van der Waals surface area contributed by atoms with E-state index in [0.29, 0.717) is 6.42 Å². The van der Waals surface area contributed by atoms with E-state index in [1.165, 1.54) is 0 Å². The molecule has 0 aromatic rings. The summed E-state index contributed by atoms with van der Waals surface area (Å²) in [6.07, 6.45) is 6.24. The van der Waals surface area contributed by atoms with Crippen molar-refractivity contribution in [3.63, 3.8) is 0 Å². The standard InChI is InChI=1S/C18H8OS/c1-3-5-6-7-8-9-10-11-12-13-14-15-17-20-18(19)16-4-2/h1H,4,16H2,2H3. The van der Waals surface area contributed by atoms with Gasteiger partial charge in [-0.3, -0.25) is 4.79 Å². The molecule has 0 heterocycles. The zero-order chi connectivity index (χ0) is 14.9. The molecule has 2 heteroatoms. The summed E-state index contributed by atoms with van der Waals surface area (Å²) in [5.74, 6) is 29.2. The largest absolute Gasteiger partial charge is 0.286 e. The number of rotatable bonds is 2. The molecule has 0 saturated carbocycles. The second kappa shape index (κ2) is 14.0. The molecule has 0 aromatic carbocycles. The summed E-state index contributed by atoms with van der Waals surface area (Å²) in [5.41, 5.74) is 0. The molecule has 0 aliphatic carbocycles. The average molecular weight is 272 g/mol. The normalized spacial score (nSPS) is 5.60. The zero-order valence-corrected chi connectivity index (χ0v) is 11.6. The van der Waals surface area contributed by atoms with Crippen LogP contribution < -0.4 is 0 Å². The fourth-order valence-corrected chi connectivity index (χ4v) is 1.20. The maximum absolute atomic E-state index is 11.1. The van der Waals surface area contributed by atoms with Crippen LogP contribution in [-0.4, -0.2) is 5.12 Å². The van der Waals surface area contributed by atoms with E-state index in [1.807, 2.05) is 6.92 Å². The molecule has 0 amide bonds. The quantitative estimate of drug-likeness (QED) is 0.711. The molecule has 0 radical (unpaired) electrons. The number of carbonyl (C=O) groups is 1. The van der Waals surface area contributed by atoms with Gasteiger partial charge in [-0.05, 0) is 82.7 Å². The zero-order valence-electron chi connectivity index (χ0n) is 10.8. The van der Waals surface area contributed by atoms with Crippen LogP contribution >= 0.6 is 11.8 Å². The summed E-state index contributed by atoms with van der Waals surface area (Å²) in [4.78, 5) is 11.1. The van der Waals surface area contributed by atoms with Crippen molar-refractivity contribution in [2.45, 2.75) is 19.8 Å². The van der Waals surface area contributed by atoms with Crippen LogP contribution in [0.25, 0.3) is 0 Å². The Morgan fingerprint density at radius 2 is 1.30 bits per heavy atom. The molecule has 20 heavy (non-hydrogen) atoms. The summed E-state index contributed by atoms with van der Waals surface area (Å²) in [5, 5.41) is 2.63. The molecule has 0 atom stereocenters. The Labute approximate surface area is 124 Å². The Hall–Kier alpha value is -3.06. The average Bonchev–Trinajstić information content (AvgIpc) is 2.44. The van der Waals surface area contributed by atoms with E-state index in [2.05, 4.69) is 76.3 Å². The molecule has 0 fully saturated rings. The lowest BCUT2D eigenvalue weighted by atomic mass is 10.4. The van der Waals surface area contributed by atoms with E-state index in [1.54, 1.807) is 0 Å². The molecule has 0 saturated heterocycles. The Morgan fingerprint density at radius 1 is 0.850 bits per heavy atom. The van der Waals surface area contributed by atoms with Crippen molar-refractivity contribution in [2.75, 3.05) is 0 Å². The molecule has 0 unspecified atom stereocenters. The van der Waals surface area contributed by atoms with E-state index in [4.69, 9.17) is 6.42 Å². The topological polar surface area (TPSA) is 17.1 Å². The van der Waals surface area contributed by atoms with Gasteiger partial charge in [0.1, 0.15) is 0 Å². The van der Waals surface area contributed by atoms with Crippen molar-refractivity contribution in [3.05, 3.63) is 0 Å². The molecule has 0 bridgehead atoms. The smallest absolute Gasteiger partial charge is 0.201 e. The van der Waals surface area contributed by atoms with Crippen LogP contribution in [0, 0.1) is 82.7 Å². The van der Waals surface area contributed by atoms with Crippen LogP contribution in [0.3, 0.4) is 0 Å². The lowest BCUT2D eigenvalue weighted by Gasteiger charge is -1.86. The number of terminal acetylenes is 1. The SMILES string of the molecule is C#CC#CC#CC#CC#CC#CC#CSC(=O)CCC. The third-order valence-electron chi connectivity index (χ3n) is 1.37. The molecule has 1 nitrogen and oxygen atoms in total. The van der Waals surface area contributed by atoms with Gasteiger partial charge < -0.3 is 0 Å². The van der Waals surface area contributed by atoms with Gasteiger partial charge in [-0.15, -0.1) is 6.42 Å². The minimum Gasteiger partial charge on any atom is -0.286 e. The van der Waals surface area contributed by atoms with Crippen LogP contribution in [0.4, 0.5) is 0 Å². The lowest BCUT2D eigenvalue weighted by molar-refractivity contribution is -0.110. The number of carbonyl (C=O) groups excluding carboxylic acids is 1. The summed E-state index contributed by atoms with van der Waals surface area (Å²) in [6.45, 7) is 1.94. The van der Waals surface area contributed by atoms with Crippen molar-refractivity contribution >= 4 is 16.9 Å².